The van der Waals surface area contributed by atoms with Gasteiger partial charge in [-0.05, 0) is 62.7 Å². The zero-order valence-corrected chi connectivity index (χ0v) is 18.6. The molecule has 0 aliphatic heterocycles. The molecule has 0 unspecified atom stereocenters. The van der Waals surface area contributed by atoms with Crippen LogP contribution in [0.15, 0.2) is 59.1 Å². The molecule has 0 fully saturated rings. The van der Waals surface area contributed by atoms with Crippen LogP contribution in [0.3, 0.4) is 0 Å². The monoisotopic (exact) mass is 473 g/mol. The first kappa shape index (κ1) is 23.2. The van der Waals surface area contributed by atoms with E-state index in [9.17, 15) is 14.4 Å². The van der Waals surface area contributed by atoms with Gasteiger partial charge < -0.3 is 20.7 Å². The number of halogens is 1. The molecule has 0 atom stereocenters. The third kappa shape index (κ3) is 8.91. The first-order valence-corrected chi connectivity index (χ1v) is 10.0. The summed E-state index contributed by atoms with van der Waals surface area (Å²) >= 11 is 3.38. The molecule has 3 amide bonds. The average Bonchev–Trinajstić information content (AvgIpc) is 2.64. The molecule has 3 N–H and O–H groups in total. The van der Waals surface area contributed by atoms with E-state index in [2.05, 4.69) is 31.9 Å². The highest BCUT2D eigenvalue weighted by molar-refractivity contribution is 9.10. The van der Waals surface area contributed by atoms with Crippen molar-refractivity contribution in [1.82, 2.24) is 5.32 Å². The van der Waals surface area contributed by atoms with Crippen LogP contribution in [0.5, 0.6) is 0 Å². The van der Waals surface area contributed by atoms with Crippen LogP contribution in [0.4, 0.5) is 16.2 Å². The first-order valence-electron chi connectivity index (χ1n) is 9.22. The van der Waals surface area contributed by atoms with Crippen LogP contribution in [0.1, 0.15) is 26.3 Å². The number of alkyl carbamates (subject to hydrolysis) is 1. The lowest BCUT2D eigenvalue weighted by atomic mass is 10.2. The Morgan fingerprint density at radius 1 is 1.00 bits per heavy atom. The van der Waals surface area contributed by atoms with Crippen molar-refractivity contribution >= 4 is 51.3 Å². The molecule has 8 heteroatoms. The first-order chi connectivity index (χ1) is 14.1. The van der Waals surface area contributed by atoms with Crippen LogP contribution >= 0.6 is 15.9 Å². The minimum atomic E-state index is -0.670. The van der Waals surface area contributed by atoms with Crippen LogP contribution in [0, 0.1) is 0 Å². The van der Waals surface area contributed by atoms with Gasteiger partial charge in [0.15, 0.2) is 0 Å². The lowest BCUT2D eigenvalue weighted by molar-refractivity contribution is -0.115. The van der Waals surface area contributed by atoms with Gasteiger partial charge in [-0.15, -0.1) is 0 Å². The molecule has 0 radical (unpaired) electrons. The molecule has 0 heterocycles. The molecule has 2 aromatic carbocycles. The Kier molecular flexibility index (Phi) is 8.17. The Morgan fingerprint density at radius 3 is 2.33 bits per heavy atom. The summed E-state index contributed by atoms with van der Waals surface area (Å²) < 4.78 is 6.00. The fourth-order valence-corrected chi connectivity index (χ4v) is 2.73. The third-order valence-electron chi connectivity index (χ3n) is 3.48. The highest BCUT2D eigenvalue weighted by atomic mass is 79.9. The smallest absolute Gasteiger partial charge is 0.408 e. The Balaban J connectivity index is 1.87. The van der Waals surface area contributed by atoms with E-state index in [1.165, 1.54) is 6.08 Å². The third-order valence-corrected chi connectivity index (χ3v) is 3.98. The maximum absolute atomic E-state index is 12.1. The Bertz CT molecular complexity index is 951. The van der Waals surface area contributed by atoms with E-state index in [-0.39, 0.29) is 12.5 Å². The molecule has 0 aliphatic rings. The molecular formula is C22H24BrN3O4. The molecule has 2 aromatic rings. The summed E-state index contributed by atoms with van der Waals surface area (Å²) in [5.74, 6) is -0.719. The summed E-state index contributed by atoms with van der Waals surface area (Å²) in [4.78, 5) is 35.8. The van der Waals surface area contributed by atoms with Gasteiger partial charge in [0.2, 0.25) is 11.8 Å². The molecule has 158 valence electrons. The van der Waals surface area contributed by atoms with Crippen molar-refractivity contribution in [3.8, 4) is 0 Å². The zero-order chi connectivity index (χ0) is 22.1. The lowest BCUT2D eigenvalue weighted by Crippen LogP contribution is -2.37. The van der Waals surface area contributed by atoms with E-state index >= 15 is 0 Å². The van der Waals surface area contributed by atoms with Crippen molar-refractivity contribution in [2.75, 3.05) is 17.2 Å². The number of hydrogen-bond acceptors (Lipinski definition) is 4. The fourth-order valence-electron chi connectivity index (χ4n) is 2.31. The Labute approximate surface area is 184 Å². The Hall–Kier alpha value is -3.13. The van der Waals surface area contributed by atoms with E-state index in [1.54, 1.807) is 51.1 Å². The number of benzene rings is 2. The van der Waals surface area contributed by atoms with Crippen LogP contribution in [-0.4, -0.2) is 30.1 Å². The van der Waals surface area contributed by atoms with Gasteiger partial charge in [0, 0.05) is 21.9 Å². The van der Waals surface area contributed by atoms with Crippen molar-refractivity contribution in [2.45, 2.75) is 26.4 Å². The summed E-state index contributed by atoms with van der Waals surface area (Å²) in [5.41, 5.74) is 1.26. The minimum Gasteiger partial charge on any atom is -0.444 e. The normalized spacial score (nSPS) is 11.1. The van der Waals surface area contributed by atoms with Crippen molar-refractivity contribution in [2.24, 2.45) is 0 Å². The molecular weight excluding hydrogens is 450 g/mol. The van der Waals surface area contributed by atoms with Gasteiger partial charge in [-0.1, -0.05) is 34.1 Å². The molecule has 30 heavy (non-hydrogen) atoms. The largest absolute Gasteiger partial charge is 0.444 e. The summed E-state index contributed by atoms with van der Waals surface area (Å²) in [7, 11) is 0. The molecule has 0 aromatic heterocycles. The molecule has 0 spiro atoms. The average molecular weight is 474 g/mol. The number of anilines is 2. The summed E-state index contributed by atoms with van der Waals surface area (Å²) in [6.07, 6.45) is 2.46. The molecule has 0 saturated carbocycles. The molecule has 0 saturated heterocycles. The predicted molar refractivity (Wildman–Crippen MR) is 121 cm³/mol. The van der Waals surface area contributed by atoms with Gasteiger partial charge in [0.1, 0.15) is 12.1 Å². The quantitative estimate of drug-likeness (QED) is 0.535. The van der Waals surface area contributed by atoms with Crippen LogP contribution < -0.4 is 16.0 Å². The van der Waals surface area contributed by atoms with Gasteiger partial charge in [0.25, 0.3) is 0 Å². The number of amides is 3. The van der Waals surface area contributed by atoms with Gasteiger partial charge in [-0.3, -0.25) is 9.59 Å². The highest BCUT2D eigenvalue weighted by Crippen LogP contribution is 2.16. The van der Waals surface area contributed by atoms with Crippen molar-refractivity contribution < 1.29 is 19.1 Å². The van der Waals surface area contributed by atoms with Gasteiger partial charge >= 0.3 is 6.09 Å². The van der Waals surface area contributed by atoms with E-state index < -0.39 is 17.6 Å². The SMILES string of the molecule is CC(C)(C)OC(=O)NCC(=O)Nc1cccc(NC(=O)/C=C/c2cccc(Br)c2)c1. The number of rotatable bonds is 6. The van der Waals surface area contributed by atoms with Crippen LogP contribution in [0.25, 0.3) is 6.08 Å². The number of nitrogens with one attached hydrogen (secondary N) is 3. The maximum Gasteiger partial charge on any atom is 0.408 e. The molecule has 2 rings (SSSR count). The molecule has 7 nitrogen and oxygen atoms in total. The Morgan fingerprint density at radius 2 is 1.67 bits per heavy atom. The van der Waals surface area contributed by atoms with Crippen LogP contribution in [0.2, 0.25) is 0 Å². The van der Waals surface area contributed by atoms with Gasteiger partial charge in [-0.25, -0.2) is 4.79 Å². The van der Waals surface area contributed by atoms with E-state index in [1.807, 2.05) is 24.3 Å². The lowest BCUT2D eigenvalue weighted by Gasteiger charge is -2.19. The zero-order valence-electron chi connectivity index (χ0n) is 17.0. The van der Waals surface area contributed by atoms with Crippen molar-refractivity contribution in [1.29, 1.82) is 0 Å². The number of carbonyl (C=O) groups excluding carboxylic acids is 3. The predicted octanol–water partition coefficient (Wildman–Crippen LogP) is 4.56. The summed E-state index contributed by atoms with van der Waals surface area (Å²) in [5, 5.41) is 7.78. The van der Waals surface area contributed by atoms with Crippen molar-refractivity contribution in [3.63, 3.8) is 0 Å². The second-order valence-electron chi connectivity index (χ2n) is 7.36. The second kappa shape index (κ2) is 10.6. The molecule has 0 aliphatic carbocycles. The van der Waals surface area contributed by atoms with Gasteiger partial charge in [0.05, 0.1) is 0 Å². The summed E-state index contributed by atoms with van der Waals surface area (Å²) in [6.45, 7) is 4.97. The van der Waals surface area contributed by atoms with E-state index in [0.29, 0.717) is 11.4 Å². The maximum atomic E-state index is 12.1. The topological polar surface area (TPSA) is 96.5 Å². The highest BCUT2D eigenvalue weighted by Gasteiger charge is 2.16. The van der Waals surface area contributed by atoms with E-state index in [4.69, 9.17) is 4.74 Å². The van der Waals surface area contributed by atoms with E-state index in [0.717, 1.165) is 10.0 Å². The second-order valence-corrected chi connectivity index (χ2v) is 8.28. The van der Waals surface area contributed by atoms with Crippen molar-refractivity contribution in [3.05, 3.63) is 64.6 Å². The fraction of sp³-hybridized carbons (Fsp3) is 0.227. The number of carbonyl (C=O) groups is 3. The van der Waals surface area contributed by atoms with Gasteiger partial charge in [-0.2, -0.15) is 0 Å². The number of ether oxygens (including phenoxy) is 1. The summed E-state index contributed by atoms with van der Waals surface area (Å²) in [6, 6.07) is 14.3. The van der Waals surface area contributed by atoms with Crippen LogP contribution in [-0.2, 0) is 14.3 Å². The standard InChI is InChI=1S/C22H24BrN3O4/c1-22(2,3)30-21(29)24-14-20(28)26-18-9-5-8-17(13-18)25-19(27)11-10-15-6-4-7-16(23)12-15/h4-13H,14H2,1-3H3,(H,24,29)(H,25,27)(H,26,28)/b11-10+. The minimum absolute atomic E-state index is 0.235. The number of hydrogen-bond donors (Lipinski definition) is 3. The molecule has 0 bridgehead atoms.